The number of anilines is 1. The minimum Gasteiger partial charge on any atom is -0.332 e. The highest BCUT2D eigenvalue weighted by molar-refractivity contribution is 7.80. The molecule has 0 aliphatic rings. The summed E-state index contributed by atoms with van der Waals surface area (Å²) < 4.78 is 35.3. The Morgan fingerprint density at radius 1 is 1.19 bits per heavy atom. The maximum absolute atomic E-state index is 11.8. The van der Waals surface area contributed by atoms with Crippen LogP contribution in [0.5, 0.6) is 0 Å². The first kappa shape index (κ1) is 12.7. The van der Waals surface area contributed by atoms with Crippen molar-refractivity contribution >= 4 is 23.0 Å². The predicted molar refractivity (Wildman–Crippen MR) is 59.9 cm³/mol. The van der Waals surface area contributed by atoms with Crippen molar-refractivity contribution in [2.24, 2.45) is 0 Å². The molecule has 0 aliphatic heterocycles. The molecule has 0 spiro atoms. The molecule has 0 aromatic heterocycles. The van der Waals surface area contributed by atoms with Gasteiger partial charge in [-0.2, -0.15) is 13.2 Å². The van der Waals surface area contributed by atoms with E-state index >= 15 is 0 Å². The quantitative estimate of drug-likeness (QED) is 0.566. The summed E-state index contributed by atoms with van der Waals surface area (Å²) >= 11 is 4.77. The van der Waals surface area contributed by atoms with Crippen molar-refractivity contribution in [1.29, 1.82) is 0 Å². The Bertz CT molecular complexity index is 340. The maximum Gasteiger partial charge on any atom is 0.402 e. The van der Waals surface area contributed by atoms with E-state index < -0.39 is 12.7 Å². The Labute approximate surface area is 96.0 Å². The van der Waals surface area contributed by atoms with Gasteiger partial charge < -0.3 is 5.32 Å². The van der Waals surface area contributed by atoms with Crippen molar-refractivity contribution in [2.75, 3.05) is 11.9 Å². The van der Waals surface area contributed by atoms with Crippen LogP contribution in [0.3, 0.4) is 0 Å². The van der Waals surface area contributed by atoms with E-state index in [1.807, 2.05) is 11.5 Å². The van der Waals surface area contributed by atoms with Gasteiger partial charge in [0.1, 0.15) is 6.54 Å². The number of hydrogen-bond donors (Lipinski definition) is 3. The molecule has 1 aromatic carbocycles. The van der Waals surface area contributed by atoms with Crippen LogP contribution in [0.1, 0.15) is 0 Å². The normalized spacial score (nSPS) is 10.9. The van der Waals surface area contributed by atoms with Crippen LogP contribution < -0.4 is 16.2 Å². The molecule has 3 N–H and O–H groups in total. The second kappa shape index (κ2) is 5.66. The molecular formula is C9H10F3N3S. The summed E-state index contributed by atoms with van der Waals surface area (Å²) in [6.45, 7) is -1.15. The Morgan fingerprint density at radius 2 is 1.81 bits per heavy atom. The number of hydrogen-bond acceptors (Lipinski definition) is 2. The molecule has 88 valence electrons. The van der Waals surface area contributed by atoms with E-state index in [0.29, 0.717) is 5.69 Å². The summed E-state index contributed by atoms with van der Waals surface area (Å²) in [4.78, 5) is 0. The smallest absolute Gasteiger partial charge is 0.332 e. The summed E-state index contributed by atoms with van der Waals surface area (Å²) in [5, 5.41) is 2.80. The minimum atomic E-state index is -4.27. The van der Waals surface area contributed by atoms with Gasteiger partial charge >= 0.3 is 6.18 Å². The average molecular weight is 249 g/mol. The second-order valence-electron chi connectivity index (χ2n) is 2.91. The summed E-state index contributed by atoms with van der Waals surface area (Å²) in [6, 6.07) is 8.89. The van der Waals surface area contributed by atoms with E-state index in [-0.39, 0.29) is 5.11 Å². The van der Waals surface area contributed by atoms with Crippen LogP contribution in [0.2, 0.25) is 0 Å². The zero-order valence-electron chi connectivity index (χ0n) is 8.14. The Morgan fingerprint density at radius 3 is 2.38 bits per heavy atom. The van der Waals surface area contributed by atoms with Gasteiger partial charge in [-0.25, -0.2) is 5.43 Å². The van der Waals surface area contributed by atoms with Crippen LogP contribution in [0.25, 0.3) is 0 Å². The number of rotatable bonds is 3. The Balaban J connectivity index is 2.27. The third kappa shape index (κ3) is 5.52. The molecule has 0 aliphatic carbocycles. The summed E-state index contributed by atoms with van der Waals surface area (Å²) in [5.41, 5.74) is 4.91. The highest BCUT2D eigenvalue weighted by Crippen LogP contribution is 2.11. The topological polar surface area (TPSA) is 36.1 Å². The van der Waals surface area contributed by atoms with Gasteiger partial charge in [-0.3, -0.25) is 5.43 Å². The molecule has 0 fully saturated rings. The van der Waals surface area contributed by atoms with Crippen molar-refractivity contribution in [3.8, 4) is 0 Å². The van der Waals surface area contributed by atoms with Gasteiger partial charge in [0, 0.05) is 5.69 Å². The van der Waals surface area contributed by atoms with Gasteiger partial charge in [-0.05, 0) is 24.4 Å². The molecule has 1 aromatic rings. The van der Waals surface area contributed by atoms with E-state index in [0.717, 1.165) is 0 Å². The van der Waals surface area contributed by atoms with Crippen molar-refractivity contribution in [1.82, 2.24) is 10.9 Å². The number of halogens is 3. The van der Waals surface area contributed by atoms with Gasteiger partial charge in [-0.15, -0.1) is 0 Å². The number of alkyl halides is 3. The number of para-hydroxylation sites is 1. The zero-order chi connectivity index (χ0) is 12.0. The van der Waals surface area contributed by atoms with Crippen molar-refractivity contribution in [3.63, 3.8) is 0 Å². The van der Waals surface area contributed by atoms with Crippen LogP contribution >= 0.6 is 12.2 Å². The molecule has 3 nitrogen and oxygen atoms in total. The number of thiocarbonyl (C=S) groups is 1. The van der Waals surface area contributed by atoms with Crippen LogP contribution in [0.4, 0.5) is 18.9 Å². The lowest BCUT2D eigenvalue weighted by Gasteiger charge is -2.12. The van der Waals surface area contributed by atoms with Crippen LogP contribution in [-0.2, 0) is 0 Å². The summed E-state index contributed by atoms with van der Waals surface area (Å²) in [7, 11) is 0. The SMILES string of the molecule is FC(F)(F)CNNC(=S)Nc1ccccc1. The fourth-order valence-electron chi connectivity index (χ4n) is 0.909. The Hall–Kier alpha value is -1.34. The Kier molecular flexibility index (Phi) is 4.51. The molecule has 0 amide bonds. The molecule has 16 heavy (non-hydrogen) atoms. The van der Waals surface area contributed by atoms with Gasteiger partial charge in [0.15, 0.2) is 5.11 Å². The molecule has 0 atom stereocenters. The first-order chi connectivity index (χ1) is 7.47. The van der Waals surface area contributed by atoms with E-state index in [4.69, 9.17) is 12.2 Å². The number of nitrogens with one attached hydrogen (secondary N) is 3. The molecule has 0 saturated heterocycles. The molecule has 1 rings (SSSR count). The molecule has 0 radical (unpaired) electrons. The fourth-order valence-corrected chi connectivity index (χ4v) is 1.10. The van der Waals surface area contributed by atoms with Gasteiger partial charge in [-0.1, -0.05) is 18.2 Å². The standard InChI is InChI=1S/C9H10F3N3S/c10-9(11,12)6-13-15-8(16)14-7-4-2-1-3-5-7/h1-5,13H,6H2,(H2,14,15,16). The average Bonchev–Trinajstić information content (AvgIpc) is 2.17. The lowest BCUT2D eigenvalue weighted by Crippen LogP contribution is -2.44. The van der Waals surface area contributed by atoms with Crippen LogP contribution in [0.15, 0.2) is 30.3 Å². The van der Waals surface area contributed by atoms with E-state index in [2.05, 4.69) is 10.7 Å². The highest BCUT2D eigenvalue weighted by Gasteiger charge is 2.26. The third-order valence-electron chi connectivity index (χ3n) is 1.52. The maximum atomic E-state index is 11.8. The lowest BCUT2D eigenvalue weighted by atomic mass is 10.3. The third-order valence-corrected chi connectivity index (χ3v) is 1.73. The molecule has 0 heterocycles. The summed E-state index contributed by atoms with van der Waals surface area (Å²) in [6.07, 6.45) is -4.27. The highest BCUT2D eigenvalue weighted by atomic mass is 32.1. The predicted octanol–water partition coefficient (Wildman–Crippen LogP) is 2.04. The molecule has 0 unspecified atom stereocenters. The van der Waals surface area contributed by atoms with E-state index in [9.17, 15) is 13.2 Å². The molecule has 0 bridgehead atoms. The van der Waals surface area contributed by atoms with E-state index in [1.165, 1.54) is 0 Å². The monoisotopic (exact) mass is 249 g/mol. The molecule has 7 heteroatoms. The van der Waals surface area contributed by atoms with Gasteiger partial charge in [0.25, 0.3) is 0 Å². The number of benzene rings is 1. The minimum absolute atomic E-state index is 0.0791. The van der Waals surface area contributed by atoms with Crippen LogP contribution in [-0.4, -0.2) is 17.8 Å². The van der Waals surface area contributed by atoms with Gasteiger partial charge in [0.2, 0.25) is 0 Å². The largest absolute Gasteiger partial charge is 0.402 e. The van der Waals surface area contributed by atoms with Gasteiger partial charge in [0.05, 0.1) is 0 Å². The molecule has 0 saturated carbocycles. The van der Waals surface area contributed by atoms with Crippen molar-refractivity contribution < 1.29 is 13.2 Å². The summed E-state index contributed by atoms with van der Waals surface area (Å²) in [5.74, 6) is 0. The van der Waals surface area contributed by atoms with Crippen molar-refractivity contribution in [3.05, 3.63) is 30.3 Å². The van der Waals surface area contributed by atoms with Crippen LogP contribution in [0, 0.1) is 0 Å². The second-order valence-corrected chi connectivity index (χ2v) is 3.32. The molecular weight excluding hydrogens is 239 g/mol. The van der Waals surface area contributed by atoms with Crippen molar-refractivity contribution in [2.45, 2.75) is 6.18 Å². The fraction of sp³-hybridized carbons (Fsp3) is 0.222. The number of hydrazine groups is 1. The lowest BCUT2D eigenvalue weighted by molar-refractivity contribution is -0.125. The zero-order valence-corrected chi connectivity index (χ0v) is 8.95. The van der Waals surface area contributed by atoms with E-state index in [1.54, 1.807) is 24.3 Å². The first-order valence-corrected chi connectivity index (χ1v) is 4.80. The first-order valence-electron chi connectivity index (χ1n) is 4.39.